The molecule has 2 rings (SSSR count). The lowest BCUT2D eigenvalue weighted by atomic mass is 10.0. The molecule has 0 atom stereocenters. The molecule has 2 aromatic rings. The van der Waals surface area contributed by atoms with Gasteiger partial charge in [-0.15, -0.1) is 0 Å². The van der Waals surface area contributed by atoms with E-state index in [2.05, 4.69) is 54.7 Å². The Labute approximate surface area is 114 Å². The van der Waals surface area contributed by atoms with E-state index in [1.807, 2.05) is 20.0 Å². The Morgan fingerprint density at radius 3 is 2.68 bits per heavy atom. The third-order valence-corrected chi connectivity index (χ3v) is 3.29. The summed E-state index contributed by atoms with van der Waals surface area (Å²) in [6, 6.07) is 6.32. The van der Waals surface area contributed by atoms with Crippen LogP contribution in [0.25, 0.3) is 10.9 Å². The molecule has 1 aromatic heterocycles. The van der Waals surface area contributed by atoms with Gasteiger partial charge < -0.3 is 4.98 Å². The van der Waals surface area contributed by atoms with Crippen LogP contribution in [-0.4, -0.2) is 10.7 Å². The number of rotatable bonds is 3. The minimum Gasteiger partial charge on any atom is -0.360 e. The Bertz CT molecular complexity index is 684. The van der Waals surface area contributed by atoms with Crippen molar-refractivity contribution in [2.75, 3.05) is 0 Å². The first-order chi connectivity index (χ1) is 9.04. The minimum absolute atomic E-state index is 0.818. The first-order valence-electron chi connectivity index (χ1n) is 6.49. The summed E-state index contributed by atoms with van der Waals surface area (Å²) >= 11 is 0. The smallest absolute Gasteiger partial charge is 0.0752 e. The van der Waals surface area contributed by atoms with Crippen LogP contribution in [0.1, 0.15) is 31.9 Å². The van der Waals surface area contributed by atoms with Gasteiger partial charge >= 0.3 is 0 Å². The molecular formula is C17H20N2. The Hall–Kier alpha value is -2.09. The summed E-state index contributed by atoms with van der Waals surface area (Å²) in [5.41, 5.74) is 6.53. The van der Waals surface area contributed by atoms with E-state index in [-0.39, 0.29) is 0 Å². The fourth-order valence-electron chi connectivity index (χ4n) is 2.19. The fourth-order valence-corrected chi connectivity index (χ4v) is 2.19. The normalized spacial score (nSPS) is 13.1. The molecule has 2 heteroatoms. The SMILES string of the molecule is C=C(C)N=C(/C(C)=C\C)c1c[nH]c2c(C)cccc12. The van der Waals surface area contributed by atoms with Gasteiger partial charge in [0.25, 0.3) is 0 Å². The van der Waals surface area contributed by atoms with Crippen molar-refractivity contribution in [2.24, 2.45) is 4.99 Å². The lowest BCUT2D eigenvalue weighted by molar-refractivity contribution is 1.31. The molecule has 0 saturated carbocycles. The predicted molar refractivity (Wildman–Crippen MR) is 83.8 cm³/mol. The molecule has 0 amide bonds. The van der Waals surface area contributed by atoms with Crippen LogP contribution in [-0.2, 0) is 0 Å². The lowest BCUT2D eigenvalue weighted by Crippen LogP contribution is -2.02. The third-order valence-electron chi connectivity index (χ3n) is 3.29. The summed E-state index contributed by atoms with van der Waals surface area (Å²) in [5.74, 6) is 0. The molecule has 2 nitrogen and oxygen atoms in total. The summed E-state index contributed by atoms with van der Waals surface area (Å²) in [7, 11) is 0. The van der Waals surface area contributed by atoms with Gasteiger partial charge in [-0.25, -0.2) is 0 Å². The second kappa shape index (κ2) is 5.27. The van der Waals surface area contributed by atoms with Gasteiger partial charge in [-0.05, 0) is 38.8 Å². The van der Waals surface area contributed by atoms with Crippen molar-refractivity contribution < 1.29 is 0 Å². The molecule has 0 fully saturated rings. The van der Waals surface area contributed by atoms with Crippen molar-refractivity contribution in [3.63, 3.8) is 0 Å². The summed E-state index contributed by atoms with van der Waals surface area (Å²) in [6.45, 7) is 12.0. The number of allylic oxidation sites excluding steroid dienone is 3. The Balaban J connectivity index is 2.71. The zero-order valence-electron chi connectivity index (χ0n) is 12.0. The average Bonchev–Trinajstić information content (AvgIpc) is 2.80. The number of benzene rings is 1. The van der Waals surface area contributed by atoms with E-state index in [4.69, 9.17) is 0 Å². The number of aryl methyl sites for hydroxylation is 1. The van der Waals surface area contributed by atoms with E-state index in [0.29, 0.717) is 0 Å². The highest BCUT2D eigenvalue weighted by molar-refractivity contribution is 6.19. The number of aliphatic imine (C=N–C) groups is 1. The zero-order chi connectivity index (χ0) is 14.0. The topological polar surface area (TPSA) is 28.1 Å². The molecule has 0 unspecified atom stereocenters. The van der Waals surface area contributed by atoms with Crippen molar-refractivity contribution in [3.05, 3.63) is 59.4 Å². The van der Waals surface area contributed by atoms with Crippen LogP contribution < -0.4 is 0 Å². The number of hydrogen-bond donors (Lipinski definition) is 1. The summed E-state index contributed by atoms with van der Waals surface area (Å²) in [5, 5.41) is 1.21. The molecule has 0 bridgehead atoms. The number of para-hydroxylation sites is 1. The van der Waals surface area contributed by atoms with Crippen LogP contribution in [0.2, 0.25) is 0 Å². The Morgan fingerprint density at radius 2 is 2.05 bits per heavy atom. The van der Waals surface area contributed by atoms with E-state index in [0.717, 1.165) is 22.5 Å². The number of nitrogens with zero attached hydrogens (tertiary/aromatic N) is 1. The van der Waals surface area contributed by atoms with Gasteiger partial charge in [0, 0.05) is 28.4 Å². The van der Waals surface area contributed by atoms with E-state index in [9.17, 15) is 0 Å². The summed E-state index contributed by atoms with van der Waals surface area (Å²) < 4.78 is 0. The molecule has 0 aliphatic carbocycles. The lowest BCUT2D eigenvalue weighted by Gasteiger charge is -2.06. The molecule has 0 radical (unpaired) electrons. The van der Waals surface area contributed by atoms with Gasteiger partial charge in [-0.1, -0.05) is 30.9 Å². The highest BCUT2D eigenvalue weighted by Crippen LogP contribution is 2.24. The van der Waals surface area contributed by atoms with Gasteiger partial charge in [-0.2, -0.15) is 0 Å². The number of aromatic amines is 1. The van der Waals surface area contributed by atoms with Gasteiger partial charge in [-0.3, -0.25) is 4.99 Å². The standard InChI is InChI=1S/C17H20N2/c1-6-12(4)17(19-11(2)3)15-10-18-16-13(5)8-7-9-14(15)16/h6-10,18H,2H2,1,3-5H3/b12-6-,19-17?. The molecular weight excluding hydrogens is 232 g/mol. The predicted octanol–water partition coefficient (Wildman–Crippen LogP) is 4.77. The second-order valence-corrected chi connectivity index (χ2v) is 4.87. The quantitative estimate of drug-likeness (QED) is 0.762. The molecule has 1 heterocycles. The van der Waals surface area contributed by atoms with Crippen molar-refractivity contribution in [1.82, 2.24) is 4.98 Å². The summed E-state index contributed by atoms with van der Waals surface area (Å²) in [4.78, 5) is 7.96. The molecule has 0 aliphatic rings. The number of H-pyrrole nitrogens is 1. The number of fused-ring (bicyclic) bond motifs is 1. The van der Waals surface area contributed by atoms with E-state index in [1.54, 1.807) is 0 Å². The molecule has 19 heavy (non-hydrogen) atoms. The average molecular weight is 252 g/mol. The van der Waals surface area contributed by atoms with E-state index >= 15 is 0 Å². The van der Waals surface area contributed by atoms with Crippen LogP contribution in [0.15, 0.2) is 53.3 Å². The monoisotopic (exact) mass is 252 g/mol. The summed E-state index contributed by atoms with van der Waals surface area (Å²) in [6.07, 6.45) is 4.11. The van der Waals surface area contributed by atoms with Crippen LogP contribution in [0.3, 0.4) is 0 Å². The van der Waals surface area contributed by atoms with Crippen LogP contribution in [0.5, 0.6) is 0 Å². The van der Waals surface area contributed by atoms with Gasteiger partial charge in [0.1, 0.15) is 0 Å². The molecule has 1 N–H and O–H groups in total. The number of aromatic nitrogens is 1. The maximum Gasteiger partial charge on any atom is 0.0752 e. The first-order valence-corrected chi connectivity index (χ1v) is 6.49. The van der Waals surface area contributed by atoms with Gasteiger partial charge in [0.2, 0.25) is 0 Å². The van der Waals surface area contributed by atoms with Crippen molar-refractivity contribution in [1.29, 1.82) is 0 Å². The fraction of sp³-hybridized carbons (Fsp3) is 0.235. The van der Waals surface area contributed by atoms with E-state index in [1.165, 1.54) is 16.5 Å². The maximum absolute atomic E-state index is 4.60. The molecule has 0 spiro atoms. The number of hydrogen-bond acceptors (Lipinski definition) is 1. The van der Waals surface area contributed by atoms with Gasteiger partial charge in [0.15, 0.2) is 0 Å². The van der Waals surface area contributed by atoms with Gasteiger partial charge in [0.05, 0.1) is 5.71 Å². The first kappa shape index (κ1) is 13.3. The highest BCUT2D eigenvalue weighted by Gasteiger charge is 2.12. The van der Waals surface area contributed by atoms with Crippen LogP contribution in [0, 0.1) is 6.92 Å². The molecule has 98 valence electrons. The minimum atomic E-state index is 0.818. The van der Waals surface area contributed by atoms with Crippen LogP contribution >= 0.6 is 0 Å². The Kier molecular flexibility index (Phi) is 3.70. The van der Waals surface area contributed by atoms with Crippen LogP contribution in [0.4, 0.5) is 0 Å². The molecule has 0 saturated heterocycles. The van der Waals surface area contributed by atoms with Crippen molar-refractivity contribution in [3.8, 4) is 0 Å². The van der Waals surface area contributed by atoms with Crippen molar-refractivity contribution in [2.45, 2.75) is 27.7 Å². The largest absolute Gasteiger partial charge is 0.360 e. The highest BCUT2D eigenvalue weighted by atomic mass is 14.8. The third kappa shape index (κ3) is 2.53. The maximum atomic E-state index is 4.60. The molecule has 1 aromatic carbocycles. The number of nitrogens with one attached hydrogen (secondary N) is 1. The molecule has 0 aliphatic heterocycles. The Morgan fingerprint density at radius 1 is 1.32 bits per heavy atom. The van der Waals surface area contributed by atoms with E-state index < -0.39 is 0 Å². The van der Waals surface area contributed by atoms with Crippen molar-refractivity contribution >= 4 is 16.6 Å². The second-order valence-electron chi connectivity index (χ2n) is 4.87. The zero-order valence-corrected chi connectivity index (χ0v) is 12.0.